The molecule has 1 N–H and O–H groups in total. The SMILES string of the molecule is CN(C(=O)c1cccc(Cl)c1)C1CCCNCC1.Cl. The third-order valence-electron chi connectivity index (χ3n) is 3.48. The second-order valence-electron chi connectivity index (χ2n) is 4.76. The van der Waals surface area contributed by atoms with Gasteiger partial charge in [0.25, 0.3) is 5.91 Å². The van der Waals surface area contributed by atoms with Gasteiger partial charge in [0.05, 0.1) is 0 Å². The first-order valence-electron chi connectivity index (χ1n) is 6.42. The molecule has 0 spiro atoms. The maximum atomic E-state index is 12.4. The second kappa shape index (κ2) is 7.73. The van der Waals surface area contributed by atoms with Crippen LogP contribution in [0.4, 0.5) is 0 Å². The minimum atomic E-state index is 0. The van der Waals surface area contributed by atoms with Gasteiger partial charge in [-0.1, -0.05) is 17.7 Å². The second-order valence-corrected chi connectivity index (χ2v) is 5.20. The summed E-state index contributed by atoms with van der Waals surface area (Å²) in [5, 5.41) is 3.97. The number of hydrogen-bond donors (Lipinski definition) is 1. The number of benzene rings is 1. The average Bonchev–Trinajstić information content (AvgIpc) is 2.66. The van der Waals surface area contributed by atoms with E-state index in [4.69, 9.17) is 11.6 Å². The lowest BCUT2D eigenvalue weighted by Gasteiger charge is -2.27. The highest BCUT2D eigenvalue weighted by atomic mass is 35.5. The van der Waals surface area contributed by atoms with Crippen LogP contribution in [-0.4, -0.2) is 37.0 Å². The van der Waals surface area contributed by atoms with E-state index in [-0.39, 0.29) is 18.3 Å². The van der Waals surface area contributed by atoms with Crippen molar-refractivity contribution >= 4 is 29.9 Å². The van der Waals surface area contributed by atoms with Crippen LogP contribution in [0.1, 0.15) is 29.6 Å². The maximum absolute atomic E-state index is 12.4. The predicted octanol–water partition coefficient (Wildman–Crippen LogP) is 2.98. The zero-order valence-electron chi connectivity index (χ0n) is 11.1. The van der Waals surface area contributed by atoms with Gasteiger partial charge in [-0.25, -0.2) is 0 Å². The number of halogens is 2. The summed E-state index contributed by atoms with van der Waals surface area (Å²) in [4.78, 5) is 14.2. The molecule has 0 aromatic heterocycles. The summed E-state index contributed by atoms with van der Waals surface area (Å²) in [6.45, 7) is 2.04. The Bertz CT molecular complexity index is 418. The standard InChI is InChI=1S/C14H19ClN2O.ClH/c1-17(13-6-3-8-16-9-7-13)14(18)11-4-2-5-12(15)10-11;/h2,4-5,10,13,16H,3,6-9H2,1H3;1H. The molecule has 106 valence electrons. The molecule has 1 amide bonds. The Balaban J connectivity index is 0.00000180. The fourth-order valence-electron chi connectivity index (χ4n) is 2.38. The van der Waals surface area contributed by atoms with Crippen molar-refractivity contribution in [2.45, 2.75) is 25.3 Å². The molecule has 3 nitrogen and oxygen atoms in total. The van der Waals surface area contributed by atoms with Crippen molar-refractivity contribution < 1.29 is 4.79 Å². The zero-order valence-corrected chi connectivity index (χ0v) is 12.6. The highest BCUT2D eigenvalue weighted by molar-refractivity contribution is 6.30. The Morgan fingerprint density at radius 1 is 1.37 bits per heavy atom. The summed E-state index contributed by atoms with van der Waals surface area (Å²) in [5.74, 6) is 0.0596. The smallest absolute Gasteiger partial charge is 0.253 e. The number of amides is 1. The van der Waals surface area contributed by atoms with Crippen molar-refractivity contribution in [2.24, 2.45) is 0 Å². The minimum absolute atomic E-state index is 0. The van der Waals surface area contributed by atoms with Crippen molar-refractivity contribution in [1.29, 1.82) is 0 Å². The van der Waals surface area contributed by atoms with Crippen LogP contribution in [0, 0.1) is 0 Å². The monoisotopic (exact) mass is 302 g/mol. The molecule has 5 heteroatoms. The van der Waals surface area contributed by atoms with Gasteiger partial charge >= 0.3 is 0 Å². The first-order chi connectivity index (χ1) is 8.68. The first-order valence-corrected chi connectivity index (χ1v) is 6.80. The van der Waals surface area contributed by atoms with Gasteiger partial charge in [0.2, 0.25) is 0 Å². The van der Waals surface area contributed by atoms with Crippen LogP contribution in [0.15, 0.2) is 24.3 Å². The van der Waals surface area contributed by atoms with E-state index < -0.39 is 0 Å². The summed E-state index contributed by atoms with van der Waals surface area (Å²) in [7, 11) is 1.89. The number of nitrogens with zero attached hydrogens (tertiary/aromatic N) is 1. The fraction of sp³-hybridized carbons (Fsp3) is 0.500. The lowest BCUT2D eigenvalue weighted by atomic mass is 10.1. The average molecular weight is 303 g/mol. The van der Waals surface area contributed by atoms with Crippen LogP contribution < -0.4 is 5.32 Å². The van der Waals surface area contributed by atoms with E-state index in [0.29, 0.717) is 16.6 Å². The van der Waals surface area contributed by atoms with Crippen molar-refractivity contribution in [1.82, 2.24) is 10.2 Å². The van der Waals surface area contributed by atoms with Gasteiger partial charge in [-0.3, -0.25) is 4.79 Å². The highest BCUT2D eigenvalue weighted by Gasteiger charge is 2.21. The van der Waals surface area contributed by atoms with Gasteiger partial charge < -0.3 is 10.2 Å². The molecule has 2 rings (SSSR count). The molecule has 0 saturated carbocycles. The van der Waals surface area contributed by atoms with E-state index in [0.717, 1.165) is 32.4 Å². The molecule has 1 heterocycles. The third kappa shape index (κ3) is 4.37. The van der Waals surface area contributed by atoms with Crippen molar-refractivity contribution in [3.8, 4) is 0 Å². The van der Waals surface area contributed by atoms with Crippen molar-refractivity contribution in [3.63, 3.8) is 0 Å². The Morgan fingerprint density at radius 2 is 2.16 bits per heavy atom. The first kappa shape index (κ1) is 16.3. The fourth-order valence-corrected chi connectivity index (χ4v) is 2.57. The summed E-state index contributed by atoms with van der Waals surface area (Å²) >= 11 is 5.92. The molecule has 1 atom stereocenters. The molecule has 1 fully saturated rings. The quantitative estimate of drug-likeness (QED) is 0.911. The molecule has 1 unspecified atom stereocenters. The summed E-state index contributed by atoms with van der Waals surface area (Å²) in [6, 6.07) is 7.48. The van der Waals surface area contributed by atoms with Crippen molar-refractivity contribution in [3.05, 3.63) is 34.9 Å². The largest absolute Gasteiger partial charge is 0.339 e. The normalized spacial score (nSPS) is 19.2. The molecule has 1 aliphatic heterocycles. The molecule has 19 heavy (non-hydrogen) atoms. The topological polar surface area (TPSA) is 32.3 Å². The third-order valence-corrected chi connectivity index (χ3v) is 3.72. The van der Waals surface area contributed by atoms with Gasteiger partial charge in [-0.15, -0.1) is 12.4 Å². The lowest BCUT2D eigenvalue weighted by molar-refractivity contribution is 0.0720. The van der Waals surface area contributed by atoms with Crippen LogP contribution in [0.2, 0.25) is 5.02 Å². The molecule has 1 aromatic carbocycles. The van der Waals surface area contributed by atoms with Gasteiger partial charge in [-0.05, 0) is 50.6 Å². The summed E-state index contributed by atoms with van der Waals surface area (Å²) in [6.07, 6.45) is 3.20. The van der Waals surface area contributed by atoms with Crippen LogP contribution in [0.3, 0.4) is 0 Å². The summed E-state index contributed by atoms with van der Waals surface area (Å²) < 4.78 is 0. The number of carbonyl (C=O) groups is 1. The molecule has 0 aliphatic carbocycles. The molecular formula is C14H20Cl2N2O. The van der Waals surface area contributed by atoms with E-state index in [1.165, 1.54) is 0 Å². The predicted molar refractivity (Wildman–Crippen MR) is 81.3 cm³/mol. The minimum Gasteiger partial charge on any atom is -0.339 e. The number of hydrogen-bond acceptors (Lipinski definition) is 2. The Hall–Kier alpha value is -0.770. The van der Waals surface area contributed by atoms with E-state index >= 15 is 0 Å². The van der Waals surface area contributed by atoms with Gasteiger partial charge in [0, 0.05) is 23.7 Å². The molecule has 0 radical (unpaired) electrons. The molecule has 1 aromatic rings. The molecule has 1 aliphatic rings. The van der Waals surface area contributed by atoms with Gasteiger partial charge in [-0.2, -0.15) is 0 Å². The van der Waals surface area contributed by atoms with E-state index in [1.807, 2.05) is 24.1 Å². The molecule has 0 bridgehead atoms. The highest BCUT2D eigenvalue weighted by Crippen LogP contribution is 2.17. The van der Waals surface area contributed by atoms with Gasteiger partial charge in [0.1, 0.15) is 0 Å². The number of carbonyl (C=O) groups excluding carboxylic acids is 1. The van der Waals surface area contributed by atoms with Crippen LogP contribution >= 0.6 is 24.0 Å². The van der Waals surface area contributed by atoms with Crippen LogP contribution in [-0.2, 0) is 0 Å². The van der Waals surface area contributed by atoms with Crippen LogP contribution in [0.25, 0.3) is 0 Å². The van der Waals surface area contributed by atoms with Crippen molar-refractivity contribution in [2.75, 3.05) is 20.1 Å². The van der Waals surface area contributed by atoms with E-state index in [1.54, 1.807) is 12.1 Å². The lowest BCUT2D eigenvalue weighted by Crippen LogP contribution is -2.37. The number of nitrogens with one attached hydrogen (secondary N) is 1. The number of rotatable bonds is 2. The maximum Gasteiger partial charge on any atom is 0.253 e. The Kier molecular flexibility index (Phi) is 6.63. The molecular weight excluding hydrogens is 283 g/mol. The van der Waals surface area contributed by atoms with Crippen LogP contribution in [0.5, 0.6) is 0 Å². The van der Waals surface area contributed by atoms with E-state index in [2.05, 4.69) is 5.32 Å². The van der Waals surface area contributed by atoms with E-state index in [9.17, 15) is 4.79 Å². The summed E-state index contributed by atoms with van der Waals surface area (Å²) in [5.41, 5.74) is 0.669. The van der Waals surface area contributed by atoms with Gasteiger partial charge in [0.15, 0.2) is 0 Å². The molecule has 1 saturated heterocycles. The Morgan fingerprint density at radius 3 is 2.89 bits per heavy atom. The Labute approximate surface area is 125 Å². The zero-order chi connectivity index (χ0) is 13.0.